The number of hydrogen-bond donors (Lipinski definition) is 2. The van der Waals surface area contributed by atoms with Crippen LogP contribution in [0.15, 0.2) is 48.5 Å². The van der Waals surface area contributed by atoms with Gasteiger partial charge < -0.3 is 19.9 Å². The standard InChI is InChI=1S/C20H25N3O2/c1-16-7-3-6-10-19(16)25-15-20(24)21-17-8-4-5-9-18(17)23-13-11-22(2)12-14-23/h3-10H,11-15H2,1-2H3,(H,21,24)/p+1. The molecule has 1 aliphatic heterocycles. The van der Waals surface area contributed by atoms with Crippen molar-refractivity contribution in [2.45, 2.75) is 6.92 Å². The third-order valence-electron chi connectivity index (χ3n) is 4.59. The number of ether oxygens (including phenoxy) is 1. The fourth-order valence-electron chi connectivity index (χ4n) is 3.03. The molecule has 0 unspecified atom stereocenters. The van der Waals surface area contributed by atoms with Gasteiger partial charge in [0.25, 0.3) is 5.91 Å². The fourth-order valence-corrected chi connectivity index (χ4v) is 3.03. The number of carbonyl (C=O) groups is 1. The van der Waals surface area contributed by atoms with E-state index in [1.807, 2.05) is 49.4 Å². The number of carbonyl (C=O) groups excluding carboxylic acids is 1. The predicted octanol–water partition coefficient (Wildman–Crippen LogP) is 1.35. The number of quaternary nitrogens is 1. The van der Waals surface area contributed by atoms with E-state index in [9.17, 15) is 4.79 Å². The molecule has 1 aliphatic rings. The number of hydrogen-bond acceptors (Lipinski definition) is 3. The molecular weight excluding hydrogens is 314 g/mol. The van der Waals surface area contributed by atoms with Gasteiger partial charge in [0.1, 0.15) is 5.75 Å². The molecule has 1 heterocycles. The first-order chi connectivity index (χ1) is 12.1. The first-order valence-corrected chi connectivity index (χ1v) is 8.77. The van der Waals surface area contributed by atoms with Gasteiger partial charge in [-0.25, -0.2) is 0 Å². The van der Waals surface area contributed by atoms with Crippen molar-refractivity contribution in [3.05, 3.63) is 54.1 Å². The Bertz CT molecular complexity index is 724. The normalized spacial score (nSPS) is 15.0. The molecule has 0 spiro atoms. The van der Waals surface area contributed by atoms with Crippen molar-refractivity contribution in [1.29, 1.82) is 0 Å². The van der Waals surface area contributed by atoms with Crippen molar-refractivity contribution in [1.82, 2.24) is 0 Å². The van der Waals surface area contributed by atoms with Crippen LogP contribution in [0.3, 0.4) is 0 Å². The van der Waals surface area contributed by atoms with Crippen LogP contribution < -0.4 is 19.9 Å². The smallest absolute Gasteiger partial charge is 0.262 e. The summed E-state index contributed by atoms with van der Waals surface area (Å²) in [6.07, 6.45) is 0. The maximum absolute atomic E-state index is 12.3. The zero-order valence-electron chi connectivity index (χ0n) is 14.9. The number of piperazine rings is 1. The molecule has 1 amide bonds. The summed E-state index contributed by atoms with van der Waals surface area (Å²) in [4.78, 5) is 16.2. The highest BCUT2D eigenvalue weighted by Gasteiger charge is 2.19. The van der Waals surface area contributed by atoms with Crippen molar-refractivity contribution in [3.63, 3.8) is 0 Å². The van der Waals surface area contributed by atoms with Gasteiger partial charge in [0, 0.05) is 0 Å². The van der Waals surface area contributed by atoms with Crippen LogP contribution >= 0.6 is 0 Å². The molecule has 5 nitrogen and oxygen atoms in total. The van der Waals surface area contributed by atoms with Crippen molar-refractivity contribution >= 4 is 17.3 Å². The molecule has 5 heteroatoms. The quantitative estimate of drug-likeness (QED) is 0.864. The van der Waals surface area contributed by atoms with Gasteiger partial charge in [0.15, 0.2) is 6.61 Å². The summed E-state index contributed by atoms with van der Waals surface area (Å²) in [7, 11) is 2.22. The number of nitrogens with one attached hydrogen (secondary N) is 2. The van der Waals surface area contributed by atoms with E-state index in [0.29, 0.717) is 0 Å². The van der Waals surface area contributed by atoms with E-state index < -0.39 is 0 Å². The summed E-state index contributed by atoms with van der Waals surface area (Å²) < 4.78 is 5.64. The van der Waals surface area contributed by atoms with Gasteiger partial charge in [-0.3, -0.25) is 4.79 Å². The van der Waals surface area contributed by atoms with Crippen LogP contribution in [-0.4, -0.2) is 45.7 Å². The van der Waals surface area contributed by atoms with Gasteiger partial charge in [-0.05, 0) is 30.7 Å². The van der Waals surface area contributed by atoms with Gasteiger partial charge in [0.2, 0.25) is 0 Å². The average Bonchev–Trinajstić information content (AvgIpc) is 2.62. The molecule has 2 aromatic carbocycles. The number of benzene rings is 2. The highest BCUT2D eigenvalue weighted by molar-refractivity contribution is 5.95. The lowest BCUT2D eigenvalue weighted by molar-refractivity contribution is -0.880. The third kappa shape index (κ3) is 4.51. The van der Waals surface area contributed by atoms with E-state index in [1.54, 1.807) is 4.90 Å². The summed E-state index contributed by atoms with van der Waals surface area (Å²) in [5.74, 6) is 0.600. The zero-order valence-corrected chi connectivity index (χ0v) is 14.9. The molecule has 2 N–H and O–H groups in total. The van der Waals surface area contributed by atoms with Crippen LogP contribution in [0.4, 0.5) is 11.4 Å². The van der Waals surface area contributed by atoms with Crippen LogP contribution in [0.25, 0.3) is 0 Å². The highest BCUT2D eigenvalue weighted by Crippen LogP contribution is 2.25. The Morgan fingerprint density at radius 3 is 2.56 bits per heavy atom. The molecular formula is C20H26N3O2+. The van der Waals surface area contributed by atoms with Crippen LogP contribution in [0.2, 0.25) is 0 Å². The molecule has 1 saturated heterocycles. The molecule has 3 rings (SSSR count). The Labute approximate surface area is 149 Å². The molecule has 0 bridgehead atoms. The lowest BCUT2D eigenvalue weighted by Gasteiger charge is -2.33. The summed E-state index contributed by atoms with van der Waals surface area (Å²) >= 11 is 0. The van der Waals surface area contributed by atoms with Crippen LogP contribution in [0, 0.1) is 6.92 Å². The van der Waals surface area contributed by atoms with E-state index in [1.165, 1.54) is 0 Å². The maximum atomic E-state index is 12.3. The van der Waals surface area contributed by atoms with Crippen molar-refractivity contribution in [2.75, 3.05) is 50.1 Å². The topological polar surface area (TPSA) is 46.0 Å². The second-order valence-electron chi connectivity index (χ2n) is 6.56. The third-order valence-corrected chi connectivity index (χ3v) is 4.59. The van der Waals surface area contributed by atoms with Crippen molar-refractivity contribution in [3.8, 4) is 5.75 Å². The number of para-hydroxylation sites is 3. The molecule has 0 saturated carbocycles. The first-order valence-electron chi connectivity index (χ1n) is 8.77. The fraction of sp³-hybridized carbons (Fsp3) is 0.350. The summed E-state index contributed by atoms with van der Waals surface area (Å²) in [5, 5.41) is 3.00. The summed E-state index contributed by atoms with van der Waals surface area (Å²) in [6, 6.07) is 15.7. The van der Waals surface area contributed by atoms with Gasteiger partial charge in [-0.15, -0.1) is 0 Å². The lowest BCUT2D eigenvalue weighted by atomic mass is 10.2. The summed E-state index contributed by atoms with van der Waals surface area (Å²) in [6.45, 7) is 6.19. The molecule has 0 radical (unpaired) electrons. The number of nitrogens with zero attached hydrogens (tertiary/aromatic N) is 1. The van der Waals surface area contributed by atoms with Crippen molar-refractivity contribution < 1.29 is 14.4 Å². The monoisotopic (exact) mass is 340 g/mol. The minimum atomic E-state index is -0.143. The van der Waals surface area contributed by atoms with Gasteiger partial charge in [-0.2, -0.15) is 0 Å². The van der Waals surface area contributed by atoms with E-state index in [-0.39, 0.29) is 12.5 Å². The number of amides is 1. The molecule has 0 aliphatic carbocycles. The Morgan fingerprint density at radius 2 is 1.80 bits per heavy atom. The molecule has 0 aromatic heterocycles. The summed E-state index contributed by atoms with van der Waals surface area (Å²) in [5.41, 5.74) is 2.95. The van der Waals surface area contributed by atoms with Gasteiger partial charge >= 0.3 is 0 Å². The largest absolute Gasteiger partial charge is 0.483 e. The Kier molecular flexibility index (Phi) is 5.56. The first kappa shape index (κ1) is 17.3. The Morgan fingerprint density at radius 1 is 1.12 bits per heavy atom. The number of likely N-dealkylation sites (N-methyl/N-ethyl adjacent to an activating group) is 1. The molecule has 25 heavy (non-hydrogen) atoms. The SMILES string of the molecule is Cc1ccccc1OCC(=O)Nc1ccccc1N1CC[NH+](C)CC1. The number of anilines is 2. The van der Waals surface area contributed by atoms with E-state index in [0.717, 1.165) is 48.9 Å². The zero-order chi connectivity index (χ0) is 17.6. The molecule has 0 atom stereocenters. The highest BCUT2D eigenvalue weighted by atomic mass is 16.5. The molecule has 1 fully saturated rings. The Hall–Kier alpha value is -2.53. The maximum Gasteiger partial charge on any atom is 0.262 e. The minimum Gasteiger partial charge on any atom is -0.483 e. The minimum absolute atomic E-state index is 0.00603. The van der Waals surface area contributed by atoms with Gasteiger partial charge in [0.05, 0.1) is 44.6 Å². The van der Waals surface area contributed by atoms with E-state index in [4.69, 9.17) is 4.74 Å². The van der Waals surface area contributed by atoms with E-state index >= 15 is 0 Å². The Balaban J connectivity index is 1.62. The van der Waals surface area contributed by atoms with Crippen molar-refractivity contribution in [2.24, 2.45) is 0 Å². The number of rotatable bonds is 5. The van der Waals surface area contributed by atoms with E-state index in [2.05, 4.69) is 23.3 Å². The predicted molar refractivity (Wildman–Crippen MR) is 101 cm³/mol. The second-order valence-corrected chi connectivity index (χ2v) is 6.56. The van der Waals surface area contributed by atoms with Crippen LogP contribution in [0.5, 0.6) is 5.75 Å². The number of aryl methyl sites for hydroxylation is 1. The van der Waals surface area contributed by atoms with Crippen LogP contribution in [-0.2, 0) is 4.79 Å². The average molecular weight is 340 g/mol. The second kappa shape index (κ2) is 8.03. The van der Waals surface area contributed by atoms with Crippen LogP contribution in [0.1, 0.15) is 5.56 Å². The molecule has 2 aromatic rings. The van der Waals surface area contributed by atoms with Gasteiger partial charge in [-0.1, -0.05) is 30.3 Å². The molecule has 132 valence electrons. The lowest BCUT2D eigenvalue weighted by Crippen LogP contribution is -3.12.